The van der Waals surface area contributed by atoms with Crippen LogP contribution in [0.2, 0.25) is 0 Å². The second-order valence-corrected chi connectivity index (χ2v) is 7.38. The first-order valence-electron chi connectivity index (χ1n) is 11.2. The molecule has 0 saturated carbocycles. The first-order chi connectivity index (χ1) is 15.4. The predicted octanol–water partition coefficient (Wildman–Crippen LogP) is 6.72. The summed E-state index contributed by atoms with van der Waals surface area (Å²) in [7, 11) is 0. The number of ether oxygens (including phenoxy) is 3. The topological polar surface area (TPSA) is 39.7 Å². The first kappa shape index (κ1) is 22.5. The Morgan fingerprint density at radius 2 is 1.29 bits per heavy atom. The van der Waals surface area contributed by atoms with Crippen molar-refractivity contribution in [2.75, 3.05) is 25.1 Å². The number of anilines is 1. The van der Waals surface area contributed by atoms with Crippen LogP contribution >= 0.6 is 0 Å². The highest BCUT2D eigenvalue weighted by Gasteiger charge is 2.06. The molecule has 3 rings (SSSR count). The van der Waals surface area contributed by atoms with Crippen molar-refractivity contribution in [3.05, 3.63) is 84.4 Å². The molecule has 4 nitrogen and oxygen atoms in total. The molecule has 3 aromatic carbocycles. The van der Waals surface area contributed by atoms with Gasteiger partial charge in [-0.15, -0.1) is 0 Å². The van der Waals surface area contributed by atoms with Gasteiger partial charge in [0.2, 0.25) is 0 Å². The Morgan fingerprint density at radius 3 is 2.13 bits per heavy atom. The van der Waals surface area contributed by atoms with Crippen molar-refractivity contribution in [2.45, 2.75) is 39.2 Å². The van der Waals surface area contributed by atoms with Crippen molar-refractivity contribution < 1.29 is 14.2 Å². The Balaban J connectivity index is 1.49. The SMILES string of the molecule is CCCCCCOc1ccccc1CNc1ccccc1OCCOc1ccccc1. The van der Waals surface area contributed by atoms with E-state index < -0.39 is 0 Å². The number of para-hydroxylation sites is 4. The van der Waals surface area contributed by atoms with Crippen LogP contribution in [0.4, 0.5) is 5.69 Å². The second kappa shape index (κ2) is 13.2. The van der Waals surface area contributed by atoms with Crippen LogP contribution < -0.4 is 19.5 Å². The van der Waals surface area contributed by atoms with Gasteiger partial charge in [0.05, 0.1) is 12.3 Å². The molecule has 3 aromatic rings. The van der Waals surface area contributed by atoms with Gasteiger partial charge < -0.3 is 19.5 Å². The van der Waals surface area contributed by atoms with E-state index in [1.54, 1.807) is 0 Å². The number of benzene rings is 3. The molecule has 0 saturated heterocycles. The molecule has 0 aliphatic carbocycles. The molecule has 0 heterocycles. The lowest BCUT2D eigenvalue weighted by atomic mass is 10.2. The molecule has 0 fully saturated rings. The Kier molecular flexibility index (Phi) is 9.61. The fraction of sp³-hybridized carbons (Fsp3) is 0.333. The summed E-state index contributed by atoms with van der Waals surface area (Å²) in [6.07, 6.45) is 4.81. The Morgan fingerprint density at radius 1 is 0.613 bits per heavy atom. The summed E-state index contributed by atoms with van der Waals surface area (Å²) in [5.74, 6) is 2.61. The molecule has 1 N–H and O–H groups in total. The molecule has 0 bridgehead atoms. The standard InChI is InChI=1S/C27H33NO3/c1-2-3-4-12-19-30-26-17-10-8-13-23(26)22-28-25-16-9-11-18-27(25)31-21-20-29-24-14-6-5-7-15-24/h5-11,13-18,28H,2-4,12,19-22H2,1H3. The van der Waals surface area contributed by atoms with Crippen LogP contribution in [0, 0.1) is 0 Å². The Labute approximate surface area is 186 Å². The van der Waals surface area contributed by atoms with Crippen LogP contribution in [0.25, 0.3) is 0 Å². The van der Waals surface area contributed by atoms with Crippen LogP contribution in [0.15, 0.2) is 78.9 Å². The number of rotatable bonds is 14. The zero-order valence-electron chi connectivity index (χ0n) is 18.4. The Bertz CT molecular complexity index is 882. The average Bonchev–Trinajstić information content (AvgIpc) is 2.82. The van der Waals surface area contributed by atoms with Crippen molar-refractivity contribution >= 4 is 5.69 Å². The molecule has 4 heteroatoms. The van der Waals surface area contributed by atoms with Crippen molar-refractivity contribution in [3.63, 3.8) is 0 Å². The predicted molar refractivity (Wildman–Crippen MR) is 127 cm³/mol. The largest absolute Gasteiger partial charge is 0.493 e. The van der Waals surface area contributed by atoms with Gasteiger partial charge in [-0.05, 0) is 36.8 Å². The molecule has 0 radical (unpaired) electrons. The van der Waals surface area contributed by atoms with E-state index in [0.29, 0.717) is 19.8 Å². The van der Waals surface area contributed by atoms with Gasteiger partial charge in [-0.3, -0.25) is 0 Å². The van der Waals surface area contributed by atoms with Gasteiger partial charge in [0, 0.05) is 12.1 Å². The highest BCUT2D eigenvalue weighted by Crippen LogP contribution is 2.26. The Hall–Kier alpha value is -3.14. The number of hydrogen-bond acceptors (Lipinski definition) is 4. The summed E-state index contributed by atoms with van der Waals surface area (Å²) in [6.45, 7) is 4.63. The van der Waals surface area contributed by atoms with Gasteiger partial charge in [0.25, 0.3) is 0 Å². The summed E-state index contributed by atoms with van der Waals surface area (Å²) >= 11 is 0. The van der Waals surface area contributed by atoms with Crippen LogP contribution in [0.3, 0.4) is 0 Å². The fourth-order valence-corrected chi connectivity index (χ4v) is 3.26. The van der Waals surface area contributed by atoms with Crippen molar-refractivity contribution in [1.82, 2.24) is 0 Å². The van der Waals surface area contributed by atoms with Crippen molar-refractivity contribution in [3.8, 4) is 17.2 Å². The molecule has 0 aliphatic heterocycles. The first-order valence-corrected chi connectivity index (χ1v) is 11.2. The van der Waals surface area contributed by atoms with Gasteiger partial charge >= 0.3 is 0 Å². The molecule has 164 valence electrons. The molecule has 0 spiro atoms. The maximum absolute atomic E-state index is 6.04. The maximum Gasteiger partial charge on any atom is 0.142 e. The highest BCUT2D eigenvalue weighted by molar-refractivity contribution is 5.56. The van der Waals surface area contributed by atoms with E-state index in [9.17, 15) is 0 Å². The van der Waals surface area contributed by atoms with E-state index in [4.69, 9.17) is 14.2 Å². The monoisotopic (exact) mass is 419 g/mol. The minimum absolute atomic E-state index is 0.477. The number of unbranched alkanes of at least 4 members (excludes halogenated alkanes) is 3. The molecule has 0 amide bonds. The van der Waals surface area contributed by atoms with Gasteiger partial charge in [0.15, 0.2) is 0 Å². The van der Waals surface area contributed by atoms with E-state index >= 15 is 0 Å². The quantitative estimate of drug-likeness (QED) is 0.295. The minimum Gasteiger partial charge on any atom is -0.493 e. The molecule has 0 atom stereocenters. The van der Waals surface area contributed by atoms with Crippen LogP contribution in [0.1, 0.15) is 38.2 Å². The van der Waals surface area contributed by atoms with E-state index in [2.05, 4.69) is 18.3 Å². The maximum atomic E-state index is 6.04. The smallest absolute Gasteiger partial charge is 0.142 e. The normalized spacial score (nSPS) is 10.5. The van der Waals surface area contributed by atoms with Crippen LogP contribution in [-0.2, 0) is 6.54 Å². The third-order valence-electron chi connectivity index (χ3n) is 4.94. The van der Waals surface area contributed by atoms with Gasteiger partial charge in [-0.2, -0.15) is 0 Å². The average molecular weight is 420 g/mol. The fourth-order valence-electron chi connectivity index (χ4n) is 3.26. The van der Waals surface area contributed by atoms with E-state index in [0.717, 1.165) is 41.5 Å². The van der Waals surface area contributed by atoms with Gasteiger partial charge in [-0.25, -0.2) is 0 Å². The van der Waals surface area contributed by atoms with Crippen LogP contribution in [0.5, 0.6) is 17.2 Å². The zero-order chi connectivity index (χ0) is 21.6. The second-order valence-electron chi connectivity index (χ2n) is 7.38. The van der Waals surface area contributed by atoms with Crippen molar-refractivity contribution in [1.29, 1.82) is 0 Å². The number of hydrogen-bond donors (Lipinski definition) is 1. The molecule has 0 unspecified atom stereocenters. The molecular weight excluding hydrogens is 386 g/mol. The van der Waals surface area contributed by atoms with Crippen molar-refractivity contribution in [2.24, 2.45) is 0 Å². The summed E-state index contributed by atoms with van der Waals surface area (Å²) in [5, 5.41) is 3.49. The van der Waals surface area contributed by atoms with E-state index in [-0.39, 0.29) is 0 Å². The van der Waals surface area contributed by atoms with Crippen LogP contribution in [-0.4, -0.2) is 19.8 Å². The summed E-state index contributed by atoms with van der Waals surface area (Å²) in [5.41, 5.74) is 2.10. The molecule has 0 aromatic heterocycles. The highest BCUT2D eigenvalue weighted by atomic mass is 16.5. The summed E-state index contributed by atoms with van der Waals surface area (Å²) in [6, 6.07) is 26.0. The van der Waals surface area contributed by atoms with Gasteiger partial charge in [0.1, 0.15) is 30.5 Å². The third kappa shape index (κ3) is 7.89. The molecule has 0 aliphatic rings. The van der Waals surface area contributed by atoms with Gasteiger partial charge in [-0.1, -0.05) is 74.7 Å². The lowest BCUT2D eigenvalue weighted by molar-refractivity contribution is 0.218. The minimum atomic E-state index is 0.477. The van der Waals surface area contributed by atoms with E-state index in [1.807, 2.05) is 72.8 Å². The summed E-state index contributed by atoms with van der Waals surface area (Å²) < 4.78 is 17.7. The molecule has 31 heavy (non-hydrogen) atoms. The van der Waals surface area contributed by atoms with E-state index in [1.165, 1.54) is 19.3 Å². The molecular formula is C27H33NO3. The lowest BCUT2D eigenvalue weighted by Crippen LogP contribution is -2.10. The zero-order valence-corrected chi connectivity index (χ0v) is 18.4. The summed E-state index contributed by atoms with van der Waals surface area (Å²) in [4.78, 5) is 0. The number of nitrogens with one attached hydrogen (secondary N) is 1. The lowest BCUT2D eigenvalue weighted by Gasteiger charge is -2.15. The third-order valence-corrected chi connectivity index (χ3v) is 4.94.